The lowest BCUT2D eigenvalue weighted by molar-refractivity contribution is -0.135. The van der Waals surface area contributed by atoms with Crippen molar-refractivity contribution < 1.29 is 18.8 Å². The molecule has 3 atom stereocenters. The molecule has 6 heterocycles. The third-order valence-corrected chi connectivity index (χ3v) is 11.7. The van der Waals surface area contributed by atoms with Gasteiger partial charge >= 0.3 is 5.69 Å². The van der Waals surface area contributed by atoms with Gasteiger partial charge in [-0.1, -0.05) is 18.2 Å². The minimum atomic E-state index is -1.13. The van der Waals surface area contributed by atoms with Crippen LogP contribution in [-0.4, -0.2) is 76.9 Å². The number of carbonyl (C=O) groups is 3. The summed E-state index contributed by atoms with van der Waals surface area (Å²) in [6.07, 6.45) is 5.44. The standard InChI is InChI=1S/C39H44FN9O5/c1-22-6-4-8-29(41-22)36(51)42-32-18-24-20-48(44-34(24)38(53)45(32)2)25-12-10-23(11-13-25)19-47-17-16-26(28(40)21-47)27-7-5-9-30-35(27)46(3)39(54)49(30)31-14-15-33(50)43-37(31)52/h4-9,18,20,23,25-26,28,31H,10-17,19,21H2,1-3H3,(H,42,51)(H,43,50,52)/t23-,25-,26-,28+,31?/m0/s1. The summed E-state index contributed by atoms with van der Waals surface area (Å²) in [6.45, 7) is 3.65. The Bertz CT molecular complexity index is 2420. The number of hydrogen-bond acceptors (Lipinski definition) is 8. The van der Waals surface area contributed by atoms with Crippen molar-refractivity contribution in [3.63, 3.8) is 0 Å². The van der Waals surface area contributed by atoms with Gasteiger partial charge in [-0.2, -0.15) is 5.10 Å². The lowest BCUT2D eigenvalue weighted by Gasteiger charge is -2.38. The highest BCUT2D eigenvalue weighted by molar-refractivity contribution is 6.03. The molecule has 54 heavy (non-hydrogen) atoms. The van der Waals surface area contributed by atoms with Crippen molar-refractivity contribution in [3.05, 3.63) is 86.5 Å². The molecule has 1 aliphatic carbocycles. The number of pyridine rings is 2. The highest BCUT2D eigenvalue weighted by atomic mass is 19.1. The van der Waals surface area contributed by atoms with Crippen LogP contribution in [-0.2, 0) is 23.7 Å². The molecule has 15 heteroatoms. The monoisotopic (exact) mass is 737 g/mol. The van der Waals surface area contributed by atoms with E-state index in [-0.39, 0.29) is 41.7 Å². The number of rotatable bonds is 7. The second-order valence-electron chi connectivity index (χ2n) is 15.2. The third kappa shape index (κ3) is 6.43. The second-order valence-corrected chi connectivity index (χ2v) is 15.2. The first-order chi connectivity index (χ1) is 26.0. The number of aromatic nitrogens is 6. The molecular formula is C39H44FN9O5. The Balaban J connectivity index is 0.902. The Hall–Kier alpha value is -5.44. The average Bonchev–Trinajstić information content (AvgIpc) is 3.69. The fraction of sp³-hybridized carbons (Fsp3) is 0.462. The molecule has 3 aliphatic rings. The summed E-state index contributed by atoms with van der Waals surface area (Å²) in [4.78, 5) is 70.5. The van der Waals surface area contributed by atoms with Crippen LogP contribution in [0.3, 0.4) is 0 Å². The van der Waals surface area contributed by atoms with Crippen LogP contribution in [0, 0.1) is 12.8 Å². The van der Waals surface area contributed by atoms with Crippen LogP contribution in [0.1, 0.15) is 84.7 Å². The van der Waals surface area contributed by atoms with Crippen LogP contribution in [0.15, 0.2) is 58.3 Å². The van der Waals surface area contributed by atoms with E-state index in [9.17, 15) is 24.0 Å². The van der Waals surface area contributed by atoms with Gasteiger partial charge in [-0.15, -0.1) is 0 Å². The first-order valence-corrected chi connectivity index (χ1v) is 18.7. The van der Waals surface area contributed by atoms with Gasteiger partial charge in [0, 0.05) is 56.8 Å². The molecule has 8 rings (SSSR count). The summed E-state index contributed by atoms with van der Waals surface area (Å²) in [5.74, 6) is -0.848. The zero-order chi connectivity index (χ0) is 37.8. The molecule has 5 aromatic rings. The van der Waals surface area contributed by atoms with Crippen molar-refractivity contribution in [2.45, 2.75) is 76.0 Å². The van der Waals surface area contributed by atoms with Crippen LogP contribution >= 0.6 is 0 Å². The zero-order valence-corrected chi connectivity index (χ0v) is 30.6. The smallest absolute Gasteiger partial charge is 0.307 e. The molecule has 282 valence electrons. The summed E-state index contributed by atoms with van der Waals surface area (Å²) in [7, 11) is 3.27. The van der Waals surface area contributed by atoms with Gasteiger partial charge in [-0.05, 0) is 87.7 Å². The number of hydrogen-bond donors (Lipinski definition) is 2. The number of aryl methyl sites for hydroxylation is 2. The third-order valence-electron chi connectivity index (χ3n) is 11.7. The number of halogens is 1. The number of para-hydroxylation sites is 1. The summed E-state index contributed by atoms with van der Waals surface area (Å²) in [5.41, 5.74) is 2.68. The Morgan fingerprint density at radius 1 is 0.981 bits per heavy atom. The summed E-state index contributed by atoms with van der Waals surface area (Å²) in [5, 5.41) is 10.5. The number of imide groups is 1. The van der Waals surface area contributed by atoms with Crippen molar-refractivity contribution in [3.8, 4) is 0 Å². The van der Waals surface area contributed by atoms with E-state index in [2.05, 4.69) is 25.6 Å². The minimum Gasteiger partial charge on any atom is -0.307 e. The fourth-order valence-corrected chi connectivity index (χ4v) is 8.79. The van der Waals surface area contributed by atoms with Gasteiger partial charge in [-0.3, -0.25) is 42.9 Å². The van der Waals surface area contributed by atoms with E-state index >= 15 is 4.39 Å². The molecule has 2 saturated heterocycles. The zero-order valence-electron chi connectivity index (χ0n) is 30.6. The Morgan fingerprint density at radius 2 is 1.76 bits per heavy atom. The average molecular weight is 738 g/mol. The predicted octanol–water partition coefficient (Wildman–Crippen LogP) is 3.88. The van der Waals surface area contributed by atoms with Gasteiger partial charge in [0.15, 0.2) is 5.52 Å². The maximum absolute atomic E-state index is 16.1. The van der Waals surface area contributed by atoms with Crippen LogP contribution < -0.4 is 21.9 Å². The van der Waals surface area contributed by atoms with Gasteiger partial charge < -0.3 is 10.2 Å². The molecule has 1 saturated carbocycles. The molecule has 1 aromatic carbocycles. The molecule has 0 radical (unpaired) electrons. The number of benzene rings is 1. The second kappa shape index (κ2) is 14.1. The van der Waals surface area contributed by atoms with Crippen molar-refractivity contribution in [2.75, 3.05) is 25.0 Å². The topological polar surface area (TPSA) is 158 Å². The number of likely N-dealkylation sites (tertiary alicyclic amines) is 1. The maximum atomic E-state index is 16.1. The SMILES string of the molecule is Cc1cccc(C(=O)Nc2cc3cn([C@H]4CC[C@H](CN5CC[C@@H](c6cccc7c6n(C)c(=O)n7C6CCC(=O)NC6=O)[C@H](F)C5)CC4)nc3c(=O)n2C)n1. The van der Waals surface area contributed by atoms with Gasteiger partial charge in [0.2, 0.25) is 11.8 Å². The number of imidazole rings is 1. The van der Waals surface area contributed by atoms with E-state index in [1.807, 2.05) is 36.0 Å². The van der Waals surface area contributed by atoms with E-state index in [0.717, 1.165) is 50.0 Å². The first-order valence-electron chi connectivity index (χ1n) is 18.7. The van der Waals surface area contributed by atoms with Crippen molar-refractivity contribution in [1.82, 2.24) is 38.7 Å². The molecule has 14 nitrogen and oxygen atoms in total. The molecular weight excluding hydrogens is 693 g/mol. The van der Waals surface area contributed by atoms with E-state index in [0.29, 0.717) is 46.6 Å². The van der Waals surface area contributed by atoms with Crippen LogP contribution in [0.5, 0.6) is 0 Å². The van der Waals surface area contributed by atoms with Gasteiger partial charge in [-0.25, -0.2) is 14.2 Å². The van der Waals surface area contributed by atoms with Gasteiger partial charge in [0.1, 0.15) is 23.7 Å². The van der Waals surface area contributed by atoms with E-state index in [1.54, 1.807) is 38.4 Å². The highest BCUT2D eigenvalue weighted by Gasteiger charge is 2.36. The van der Waals surface area contributed by atoms with Crippen molar-refractivity contribution in [2.24, 2.45) is 20.0 Å². The molecule has 3 amide bonds. The maximum Gasteiger partial charge on any atom is 0.329 e. The number of carbonyl (C=O) groups excluding carboxylic acids is 3. The number of nitrogens with one attached hydrogen (secondary N) is 2. The number of amides is 3. The van der Waals surface area contributed by atoms with E-state index < -0.39 is 29.9 Å². The van der Waals surface area contributed by atoms with Crippen LogP contribution in [0.2, 0.25) is 0 Å². The Kier molecular flexibility index (Phi) is 9.28. The lowest BCUT2D eigenvalue weighted by atomic mass is 9.83. The number of alkyl halides is 1. The minimum absolute atomic E-state index is 0.132. The molecule has 1 unspecified atom stereocenters. The molecule has 2 aliphatic heterocycles. The highest BCUT2D eigenvalue weighted by Crippen LogP contribution is 2.38. The van der Waals surface area contributed by atoms with E-state index in [1.165, 1.54) is 13.7 Å². The summed E-state index contributed by atoms with van der Waals surface area (Å²) >= 11 is 0. The normalized spacial score (nSPS) is 23.9. The van der Waals surface area contributed by atoms with Crippen LogP contribution in [0.25, 0.3) is 21.9 Å². The molecule has 4 aromatic heterocycles. The number of anilines is 1. The molecule has 2 N–H and O–H groups in total. The molecule has 3 fully saturated rings. The molecule has 0 spiro atoms. The van der Waals surface area contributed by atoms with Gasteiger partial charge in [0.25, 0.3) is 11.5 Å². The fourth-order valence-electron chi connectivity index (χ4n) is 8.79. The number of nitrogens with zero attached hydrogens (tertiary/aromatic N) is 7. The largest absolute Gasteiger partial charge is 0.329 e. The number of piperidine rings is 2. The predicted molar refractivity (Wildman–Crippen MR) is 200 cm³/mol. The Morgan fingerprint density at radius 3 is 2.50 bits per heavy atom. The molecule has 0 bridgehead atoms. The van der Waals surface area contributed by atoms with Gasteiger partial charge in [0.05, 0.1) is 17.1 Å². The lowest BCUT2D eigenvalue weighted by Crippen LogP contribution is -2.44. The van der Waals surface area contributed by atoms with Crippen molar-refractivity contribution in [1.29, 1.82) is 0 Å². The Labute approximate surface area is 309 Å². The van der Waals surface area contributed by atoms with E-state index in [4.69, 9.17) is 0 Å². The summed E-state index contributed by atoms with van der Waals surface area (Å²) in [6, 6.07) is 11.8. The summed E-state index contributed by atoms with van der Waals surface area (Å²) < 4.78 is 22.4. The number of fused-ring (bicyclic) bond motifs is 2. The quantitative estimate of drug-likeness (QED) is 0.238. The van der Waals surface area contributed by atoms with Crippen molar-refractivity contribution >= 4 is 45.5 Å². The van der Waals surface area contributed by atoms with Crippen LogP contribution in [0.4, 0.5) is 10.2 Å². The first kappa shape index (κ1) is 35.6.